The Morgan fingerprint density at radius 2 is 1.43 bits per heavy atom. The number of hydrogen-bond donors (Lipinski definition) is 0. The van der Waals surface area contributed by atoms with E-state index >= 15 is 0 Å². The molecule has 3 aromatic carbocycles. The normalized spacial score (nSPS) is 16.8. The highest BCUT2D eigenvalue weighted by Crippen LogP contribution is 2.50. The lowest BCUT2D eigenvalue weighted by molar-refractivity contribution is -0.985. The van der Waals surface area contributed by atoms with Gasteiger partial charge in [-0.15, -0.1) is 9.78 Å². The van der Waals surface area contributed by atoms with Gasteiger partial charge in [0.1, 0.15) is 0 Å². The quantitative estimate of drug-likeness (QED) is 0.272. The summed E-state index contributed by atoms with van der Waals surface area (Å²) in [7, 11) is 0. The highest BCUT2D eigenvalue weighted by atomic mass is 16.5. The van der Waals surface area contributed by atoms with Crippen LogP contribution in [-0.2, 0) is 5.79 Å². The molecule has 3 aliphatic rings. The highest BCUT2D eigenvalue weighted by molar-refractivity contribution is 5.74. The molecule has 1 atom stereocenters. The number of pyridine rings is 2. The summed E-state index contributed by atoms with van der Waals surface area (Å²) in [6.45, 7) is 4.28. The second-order valence-electron chi connectivity index (χ2n) is 10.5. The van der Waals surface area contributed by atoms with Crippen LogP contribution in [0.5, 0.6) is 23.3 Å². The summed E-state index contributed by atoms with van der Waals surface area (Å²) in [5.74, 6) is 3.48. The molecule has 6 aromatic rings. The van der Waals surface area contributed by atoms with E-state index in [0.717, 1.165) is 51.2 Å². The van der Waals surface area contributed by atoms with E-state index in [2.05, 4.69) is 65.4 Å². The minimum absolute atomic E-state index is 0.700. The molecule has 1 spiro atoms. The second kappa shape index (κ2) is 7.42. The van der Waals surface area contributed by atoms with Crippen molar-refractivity contribution in [3.63, 3.8) is 0 Å². The summed E-state index contributed by atoms with van der Waals surface area (Å²) in [6, 6.07) is 32.9. The van der Waals surface area contributed by atoms with E-state index in [0.29, 0.717) is 11.7 Å². The number of ether oxygens (including phenoxy) is 2. The summed E-state index contributed by atoms with van der Waals surface area (Å²) >= 11 is 0. The molecule has 0 aliphatic carbocycles. The fraction of sp³-hybridized carbons (Fsp3) is 0.0909. The van der Waals surface area contributed by atoms with E-state index in [1.54, 1.807) is 0 Å². The van der Waals surface area contributed by atoms with E-state index < -0.39 is 5.79 Å². The van der Waals surface area contributed by atoms with Gasteiger partial charge in [0.15, 0.2) is 23.5 Å². The van der Waals surface area contributed by atoms with Crippen LogP contribution < -0.4 is 18.6 Å². The van der Waals surface area contributed by atoms with Crippen LogP contribution in [0.2, 0.25) is 0 Å². The molecular weight excluding hydrogens is 498 g/mol. The van der Waals surface area contributed by atoms with Crippen molar-refractivity contribution < 1.29 is 18.6 Å². The molecule has 0 bridgehead atoms. The van der Waals surface area contributed by atoms with Gasteiger partial charge in [-0.05, 0) is 60.4 Å². The van der Waals surface area contributed by atoms with Crippen molar-refractivity contribution in [3.05, 3.63) is 120 Å². The summed E-state index contributed by atoms with van der Waals surface area (Å²) < 4.78 is 19.2. The SMILES string of the molecule is Cc1cc(-c2ccccc2)cc(C)c1-c1nc2n(n1)C13c4c(cccc4Oc4cccc-2[n+]41)Oc1cccc[n+]13. The number of nitrogens with zero attached hydrogens (tertiary/aromatic N) is 5. The molecule has 3 aromatic heterocycles. The van der Waals surface area contributed by atoms with Crippen molar-refractivity contribution >= 4 is 0 Å². The van der Waals surface area contributed by atoms with E-state index in [1.165, 1.54) is 11.1 Å². The monoisotopic (exact) mass is 521 g/mol. The Morgan fingerprint density at radius 3 is 2.23 bits per heavy atom. The van der Waals surface area contributed by atoms with Gasteiger partial charge in [0, 0.05) is 17.7 Å². The Bertz CT molecular complexity index is 2010. The number of aryl methyl sites for hydroxylation is 2. The van der Waals surface area contributed by atoms with Crippen molar-refractivity contribution in [1.82, 2.24) is 14.8 Å². The van der Waals surface area contributed by atoms with Crippen LogP contribution in [0.1, 0.15) is 16.7 Å². The number of fused-ring (bicyclic) bond motifs is 3. The minimum Gasteiger partial charge on any atom is -0.404 e. The van der Waals surface area contributed by atoms with E-state index in [9.17, 15) is 0 Å². The zero-order chi connectivity index (χ0) is 26.6. The smallest absolute Gasteiger partial charge is 0.404 e. The Morgan fingerprint density at radius 1 is 0.725 bits per heavy atom. The van der Waals surface area contributed by atoms with Crippen LogP contribution in [-0.4, -0.2) is 14.8 Å². The first kappa shape index (κ1) is 21.6. The maximum Gasteiger partial charge on any atom is 0.511 e. The molecule has 0 N–H and O–H groups in total. The molecule has 7 nitrogen and oxygen atoms in total. The molecule has 0 fully saturated rings. The molecular formula is C33H23N5O2+2. The lowest BCUT2D eigenvalue weighted by Crippen LogP contribution is -2.78. The van der Waals surface area contributed by atoms with Gasteiger partial charge in [-0.25, -0.2) is 4.98 Å². The third kappa shape index (κ3) is 2.54. The van der Waals surface area contributed by atoms with E-state index in [4.69, 9.17) is 19.6 Å². The molecule has 0 amide bonds. The van der Waals surface area contributed by atoms with E-state index in [1.807, 2.05) is 65.5 Å². The fourth-order valence-corrected chi connectivity index (χ4v) is 6.63. The molecule has 3 aliphatic heterocycles. The van der Waals surface area contributed by atoms with Crippen molar-refractivity contribution in [2.24, 2.45) is 0 Å². The second-order valence-corrected chi connectivity index (χ2v) is 10.5. The zero-order valence-electron chi connectivity index (χ0n) is 21.9. The van der Waals surface area contributed by atoms with Gasteiger partial charge in [0.25, 0.3) is 5.69 Å². The van der Waals surface area contributed by atoms with Gasteiger partial charge in [0.2, 0.25) is 11.4 Å². The van der Waals surface area contributed by atoms with Crippen LogP contribution in [0, 0.1) is 13.8 Å². The Kier molecular flexibility index (Phi) is 4.01. The first-order valence-corrected chi connectivity index (χ1v) is 13.4. The van der Waals surface area contributed by atoms with Gasteiger partial charge >= 0.3 is 17.5 Å². The molecule has 6 heterocycles. The maximum atomic E-state index is 6.43. The predicted octanol–water partition coefficient (Wildman–Crippen LogP) is 5.75. The summed E-state index contributed by atoms with van der Waals surface area (Å²) in [6.07, 6.45) is 2.04. The molecule has 1 unspecified atom stereocenters. The Balaban J connectivity index is 1.34. The molecule has 7 heteroatoms. The Labute approximate surface area is 230 Å². The van der Waals surface area contributed by atoms with Crippen LogP contribution >= 0.6 is 0 Å². The van der Waals surface area contributed by atoms with Crippen molar-refractivity contribution in [3.8, 4) is 57.3 Å². The number of rotatable bonds is 2. The van der Waals surface area contributed by atoms with E-state index in [-0.39, 0.29) is 0 Å². The van der Waals surface area contributed by atoms with Crippen LogP contribution in [0.4, 0.5) is 0 Å². The number of aromatic nitrogens is 5. The standard InChI is InChI=1S/C33H23N5O2/c1-20-18-23(22-10-4-3-5-11-22)19-21(2)29(20)31-34-32-24-12-8-16-28-37(24)33(38(32)35-31)30-25(13-9-14-26(30)40-28)39-27-15-6-7-17-36(27)33/h3-19H,1-2H3/q+2. The third-order valence-corrected chi connectivity index (χ3v) is 8.17. The first-order valence-electron chi connectivity index (χ1n) is 13.4. The number of benzene rings is 3. The summed E-state index contributed by atoms with van der Waals surface area (Å²) in [5, 5.41) is 5.30. The van der Waals surface area contributed by atoms with Gasteiger partial charge in [-0.3, -0.25) is 0 Å². The lowest BCUT2D eigenvalue weighted by Gasteiger charge is -2.30. The molecule has 0 radical (unpaired) electrons. The summed E-state index contributed by atoms with van der Waals surface area (Å²) in [5.41, 5.74) is 7.52. The summed E-state index contributed by atoms with van der Waals surface area (Å²) in [4.78, 5) is 5.21. The average molecular weight is 522 g/mol. The average Bonchev–Trinajstić information content (AvgIpc) is 3.52. The topological polar surface area (TPSA) is 56.9 Å². The maximum absolute atomic E-state index is 6.43. The molecule has 190 valence electrons. The third-order valence-electron chi connectivity index (χ3n) is 8.17. The number of hydrogen-bond acceptors (Lipinski definition) is 4. The van der Waals surface area contributed by atoms with Crippen molar-refractivity contribution in [2.75, 3.05) is 0 Å². The molecule has 40 heavy (non-hydrogen) atoms. The first-order chi connectivity index (χ1) is 19.6. The molecule has 0 saturated heterocycles. The predicted molar refractivity (Wildman–Crippen MR) is 147 cm³/mol. The Hall–Kier alpha value is -5.30. The van der Waals surface area contributed by atoms with Crippen molar-refractivity contribution in [2.45, 2.75) is 19.6 Å². The zero-order valence-corrected chi connectivity index (χ0v) is 21.9. The molecule has 9 rings (SSSR count). The van der Waals surface area contributed by atoms with Gasteiger partial charge in [0.05, 0.1) is 12.1 Å². The highest BCUT2D eigenvalue weighted by Gasteiger charge is 2.72. The van der Waals surface area contributed by atoms with Crippen LogP contribution in [0.3, 0.4) is 0 Å². The fourth-order valence-electron chi connectivity index (χ4n) is 6.63. The largest absolute Gasteiger partial charge is 0.511 e. The van der Waals surface area contributed by atoms with Crippen LogP contribution in [0.25, 0.3) is 34.0 Å². The van der Waals surface area contributed by atoms with Gasteiger partial charge in [-0.2, -0.15) is 0 Å². The van der Waals surface area contributed by atoms with Crippen LogP contribution in [0.15, 0.2) is 103 Å². The van der Waals surface area contributed by atoms with Gasteiger partial charge < -0.3 is 9.47 Å². The van der Waals surface area contributed by atoms with Gasteiger partial charge in [-0.1, -0.05) is 57.7 Å². The molecule has 0 saturated carbocycles. The lowest BCUT2D eigenvalue weighted by atomic mass is 9.95. The minimum atomic E-state index is -0.905. The van der Waals surface area contributed by atoms with Crippen molar-refractivity contribution in [1.29, 1.82) is 0 Å².